The zero-order valence-electron chi connectivity index (χ0n) is 3.58. The van der Waals surface area contributed by atoms with Crippen LogP contribution in [0.5, 0.6) is 0 Å². The van der Waals surface area contributed by atoms with Gasteiger partial charge in [-0.05, 0) is 13.0 Å². The summed E-state index contributed by atoms with van der Waals surface area (Å²) in [5, 5.41) is 3.23. The summed E-state index contributed by atoms with van der Waals surface area (Å²) in [6.07, 6.45) is 1.29. The summed E-state index contributed by atoms with van der Waals surface area (Å²) in [6, 6.07) is 0. The van der Waals surface area contributed by atoms with Crippen LogP contribution in [0.4, 0.5) is 0 Å². The highest BCUT2D eigenvalue weighted by molar-refractivity contribution is 9.09. The summed E-state index contributed by atoms with van der Waals surface area (Å²) < 4.78 is 0. The lowest BCUT2D eigenvalue weighted by atomic mass is 10.4. The van der Waals surface area contributed by atoms with Gasteiger partial charge in [0.15, 0.2) is 0 Å². The molecule has 1 nitrogen and oxygen atoms in total. The molecular formula is C4H8BrN. The van der Waals surface area contributed by atoms with E-state index in [0.717, 1.165) is 11.4 Å². The second-order valence-corrected chi connectivity index (χ2v) is 2.89. The highest BCUT2D eigenvalue weighted by Crippen LogP contribution is 2.06. The third kappa shape index (κ3) is 0.949. The molecule has 0 aromatic heterocycles. The molecule has 0 bridgehead atoms. The van der Waals surface area contributed by atoms with Gasteiger partial charge in [-0.3, -0.25) is 0 Å². The number of rotatable bonds is 0. The highest BCUT2D eigenvalue weighted by Gasteiger charge is 2.07. The van der Waals surface area contributed by atoms with Crippen LogP contribution in [-0.4, -0.2) is 17.9 Å². The van der Waals surface area contributed by atoms with Gasteiger partial charge in [-0.2, -0.15) is 0 Å². The van der Waals surface area contributed by atoms with E-state index in [0.29, 0.717) is 0 Å². The molecule has 0 aliphatic carbocycles. The van der Waals surface area contributed by atoms with Gasteiger partial charge < -0.3 is 5.32 Å². The van der Waals surface area contributed by atoms with Crippen LogP contribution in [0.2, 0.25) is 0 Å². The van der Waals surface area contributed by atoms with Gasteiger partial charge in [0, 0.05) is 11.4 Å². The monoisotopic (exact) mass is 149 g/mol. The van der Waals surface area contributed by atoms with Crippen molar-refractivity contribution in [1.82, 2.24) is 5.32 Å². The molecule has 2 heteroatoms. The van der Waals surface area contributed by atoms with Gasteiger partial charge in [-0.1, -0.05) is 15.9 Å². The SMILES string of the molecule is BrC1CCNC1. The number of nitrogens with one attached hydrogen (secondary N) is 1. The van der Waals surface area contributed by atoms with E-state index < -0.39 is 0 Å². The minimum absolute atomic E-state index is 0.748. The zero-order chi connectivity index (χ0) is 4.41. The molecule has 0 radical (unpaired) electrons. The first-order valence-electron chi connectivity index (χ1n) is 2.24. The van der Waals surface area contributed by atoms with Crippen molar-refractivity contribution < 1.29 is 0 Å². The van der Waals surface area contributed by atoms with E-state index >= 15 is 0 Å². The van der Waals surface area contributed by atoms with E-state index in [1.807, 2.05) is 0 Å². The number of hydrogen-bond acceptors (Lipinski definition) is 1. The topological polar surface area (TPSA) is 12.0 Å². The second-order valence-electron chi connectivity index (χ2n) is 1.59. The third-order valence-corrected chi connectivity index (χ3v) is 1.78. The zero-order valence-corrected chi connectivity index (χ0v) is 5.16. The molecule has 6 heavy (non-hydrogen) atoms. The Labute approximate surface area is 46.2 Å². The second kappa shape index (κ2) is 1.94. The summed E-state index contributed by atoms with van der Waals surface area (Å²) in [5.74, 6) is 0. The molecule has 1 aliphatic heterocycles. The maximum Gasteiger partial charge on any atom is 0.0282 e. The fourth-order valence-electron chi connectivity index (χ4n) is 0.619. The van der Waals surface area contributed by atoms with Crippen LogP contribution in [0.15, 0.2) is 0 Å². The van der Waals surface area contributed by atoms with E-state index in [-0.39, 0.29) is 0 Å². The highest BCUT2D eigenvalue weighted by atomic mass is 79.9. The normalized spacial score (nSPS) is 34.5. The lowest BCUT2D eigenvalue weighted by molar-refractivity contribution is 0.859. The van der Waals surface area contributed by atoms with Crippen molar-refractivity contribution in [1.29, 1.82) is 0 Å². The predicted molar refractivity (Wildman–Crippen MR) is 30.2 cm³/mol. The average molecular weight is 150 g/mol. The molecule has 0 saturated carbocycles. The van der Waals surface area contributed by atoms with Crippen molar-refractivity contribution in [2.24, 2.45) is 0 Å². The largest absolute Gasteiger partial charge is 0.316 e. The molecule has 1 aliphatic rings. The minimum atomic E-state index is 0.748. The van der Waals surface area contributed by atoms with E-state index in [9.17, 15) is 0 Å². The standard InChI is InChI=1S/C4H8BrN/c5-4-1-2-6-3-4/h4,6H,1-3H2. The molecule has 0 spiro atoms. The maximum absolute atomic E-state index is 3.48. The lowest BCUT2D eigenvalue weighted by Crippen LogP contribution is -2.07. The Bertz CT molecular complexity index is 40.8. The minimum Gasteiger partial charge on any atom is -0.316 e. The van der Waals surface area contributed by atoms with Crippen molar-refractivity contribution in [2.45, 2.75) is 11.2 Å². The van der Waals surface area contributed by atoms with Gasteiger partial charge in [0.25, 0.3) is 0 Å². The van der Waals surface area contributed by atoms with E-state index in [1.54, 1.807) is 0 Å². The molecule has 1 N–H and O–H groups in total. The van der Waals surface area contributed by atoms with E-state index in [2.05, 4.69) is 21.2 Å². The van der Waals surface area contributed by atoms with Crippen LogP contribution < -0.4 is 5.32 Å². The Kier molecular flexibility index (Phi) is 1.48. The summed E-state index contributed by atoms with van der Waals surface area (Å²) in [7, 11) is 0. The van der Waals surface area contributed by atoms with Crippen LogP contribution in [-0.2, 0) is 0 Å². The molecule has 1 fully saturated rings. The molecule has 0 amide bonds. The van der Waals surface area contributed by atoms with Gasteiger partial charge in [0.05, 0.1) is 0 Å². The molecular weight excluding hydrogens is 142 g/mol. The smallest absolute Gasteiger partial charge is 0.0282 e. The first-order chi connectivity index (χ1) is 2.89. The summed E-state index contributed by atoms with van der Waals surface area (Å²) in [4.78, 5) is 0.748. The van der Waals surface area contributed by atoms with Crippen molar-refractivity contribution in [3.05, 3.63) is 0 Å². The van der Waals surface area contributed by atoms with Crippen molar-refractivity contribution in [3.63, 3.8) is 0 Å². The van der Waals surface area contributed by atoms with Gasteiger partial charge in [-0.25, -0.2) is 0 Å². The van der Waals surface area contributed by atoms with Crippen molar-refractivity contribution in [2.75, 3.05) is 13.1 Å². The Hall–Kier alpha value is 0.440. The number of hydrogen-bond donors (Lipinski definition) is 1. The quantitative estimate of drug-likeness (QED) is 0.502. The Morgan fingerprint density at radius 3 is 2.67 bits per heavy atom. The van der Waals surface area contributed by atoms with Gasteiger partial charge >= 0.3 is 0 Å². The molecule has 1 atom stereocenters. The van der Waals surface area contributed by atoms with Crippen LogP contribution in [0.3, 0.4) is 0 Å². The van der Waals surface area contributed by atoms with E-state index in [1.165, 1.54) is 13.0 Å². The summed E-state index contributed by atoms with van der Waals surface area (Å²) in [5.41, 5.74) is 0. The number of alkyl halides is 1. The van der Waals surface area contributed by atoms with Crippen LogP contribution in [0.25, 0.3) is 0 Å². The Morgan fingerprint density at radius 2 is 2.50 bits per heavy atom. The Balaban J connectivity index is 2.18. The first-order valence-corrected chi connectivity index (χ1v) is 3.16. The molecule has 0 aromatic carbocycles. The summed E-state index contributed by atoms with van der Waals surface area (Å²) in [6.45, 7) is 2.34. The van der Waals surface area contributed by atoms with Gasteiger partial charge in [0.1, 0.15) is 0 Å². The molecule has 36 valence electrons. The van der Waals surface area contributed by atoms with Crippen molar-refractivity contribution >= 4 is 15.9 Å². The molecule has 1 rings (SSSR count). The van der Waals surface area contributed by atoms with Crippen LogP contribution in [0.1, 0.15) is 6.42 Å². The third-order valence-electron chi connectivity index (χ3n) is 1.00. The molecule has 1 unspecified atom stereocenters. The Morgan fingerprint density at radius 1 is 1.67 bits per heavy atom. The van der Waals surface area contributed by atoms with Gasteiger partial charge in [-0.15, -0.1) is 0 Å². The predicted octanol–water partition coefficient (Wildman–Crippen LogP) is 0.743. The fraction of sp³-hybridized carbons (Fsp3) is 1.00. The lowest BCUT2D eigenvalue weighted by Gasteiger charge is -1.88. The average Bonchev–Trinajstić information content (AvgIpc) is 1.86. The van der Waals surface area contributed by atoms with E-state index in [4.69, 9.17) is 0 Å². The van der Waals surface area contributed by atoms with Crippen LogP contribution >= 0.6 is 15.9 Å². The fourth-order valence-corrected chi connectivity index (χ4v) is 1.08. The van der Waals surface area contributed by atoms with Gasteiger partial charge in [0.2, 0.25) is 0 Å². The number of halogens is 1. The first kappa shape index (κ1) is 4.60. The summed E-state index contributed by atoms with van der Waals surface area (Å²) >= 11 is 3.48. The molecule has 1 saturated heterocycles. The van der Waals surface area contributed by atoms with Crippen LogP contribution in [0, 0.1) is 0 Å². The van der Waals surface area contributed by atoms with Crippen molar-refractivity contribution in [3.8, 4) is 0 Å². The molecule has 1 heterocycles. The molecule has 0 aromatic rings. The maximum atomic E-state index is 3.48.